The maximum Gasteiger partial charge on any atom is 0.306 e. The summed E-state index contributed by atoms with van der Waals surface area (Å²) in [6, 6.07) is 10.5. The van der Waals surface area contributed by atoms with Crippen LogP contribution in [0.2, 0.25) is 0 Å². The molecule has 2 rings (SSSR count). The number of hydrogen-bond acceptors (Lipinski definition) is 4. The molecule has 98 valence electrons. The van der Waals surface area contributed by atoms with Crippen molar-refractivity contribution >= 4 is 5.97 Å². The highest BCUT2D eigenvalue weighted by molar-refractivity contribution is 5.69. The van der Waals surface area contributed by atoms with E-state index in [1.807, 2.05) is 18.2 Å². The van der Waals surface area contributed by atoms with Crippen LogP contribution in [0.1, 0.15) is 17.9 Å². The largest absolute Gasteiger partial charge is 0.469 e. The van der Waals surface area contributed by atoms with Crippen molar-refractivity contribution in [2.75, 3.05) is 26.7 Å². The van der Waals surface area contributed by atoms with E-state index in [4.69, 9.17) is 5.73 Å². The number of rotatable bonds is 4. The Morgan fingerprint density at radius 3 is 2.78 bits per heavy atom. The monoisotopic (exact) mass is 248 g/mol. The van der Waals surface area contributed by atoms with Crippen LogP contribution >= 0.6 is 0 Å². The minimum Gasteiger partial charge on any atom is -0.469 e. The molecular formula is C14H20N2O2. The van der Waals surface area contributed by atoms with Crippen molar-refractivity contribution in [1.82, 2.24) is 4.90 Å². The maximum absolute atomic E-state index is 11.1. The summed E-state index contributed by atoms with van der Waals surface area (Å²) in [6.45, 7) is 2.49. The number of carbonyl (C=O) groups excluding carboxylic acids is 1. The van der Waals surface area contributed by atoms with Crippen molar-refractivity contribution in [3.8, 4) is 0 Å². The van der Waals surface area contributed by atoms with Crippen LogP contribution in [0.5, 0.6) is 0 Å². The third-order valence-corrected chi connectivity index (χ3v) is 3.53. The van der Waals surface area contributed by atoms with Crippen molar-refractivity contribution in [1.29, 1.82) is 0 Å². The van der Waals surface area contributed by atoms with Gasteiger partial charge in [0.05, 0.1) is 13.5 Å². The molecule has 1 aromatic rings. The molecule has 1 heterocycles. The second kappa shape index (κ2) is 5.98. The summed E-state index contributed by atoms with van der Waals surface area (Å²) >= 11 is 0. The van der Waals surface area contributed by atoms with Crippen LogP contribution in [-0.2, 0) is 9.53 Å². The zero-order valence-electron chi connectivity index (χ0n) is 10.7. The summed E-state index contributed by atoms with van der Waals surface area (Å²) < 4.78 is 4.65. The van der Waals surface area contributed by atoms with Crippen LogP contribution in [0, 0.1) is 0 Å². The lowest BCUT2D eigenvalue weighted by Crippen LogP contribution is -2.29. The first-order valence-corrected chi connectivity index (χ1v) is 6.30. The van der Waals surface area contributed by atoms with Gasteiger partial charge in [0.1, 0.15) is 0 Å². The normalized spacial score (nSPS) is 24.1. The highest BCUT2D eigenvalue weighted by atomic mass is 16.5. The van der Waals surface area contributed by atoms with Gasteiger partial charge in [-0.2, -0.15) is 0 Å². The smallest absolute Gasteiger partial charge is 0.306 e. The van der Waals surface area contributed by atoms with E-state index in [2.05, 4.69) is 21.8 Å². The highest BCUT2D eigenvalue weighted by Crippen LogP contribution is 2.26. The van der Waals surface area contributed by atoms with Crippen molar-refractivity contribution in [3.05, 3.63) is 35.9 Å². The van der Waals surface area contributed by atoms with Crippen LogP contribution in [0.4, 0.5) is 0 Å². The van der Waals surface area contributed by atoms with Gasteiger partial charge in [-0.25, -0.2) is 0 Å². The number of hydrogen-bond donors (Lipinski definition) is 1. The van der Waals surface area contributed by atoms with Crippen LogP contribution in [0.15, 0.2) is 30.3 Å². The van der Waals surface area contributed by atoms with E-state index in [9.17, 15) is 4.79 Å². The van der Waals surface area contributed by atoms with E-state index in [1.54, 1.807) is 0 Å². The summed E-state index contributed by atoms with van der Waals surface area (Å²) in [7, 11) is 1.42. The van der Waals surface area contributed by atoms with E-state index in [1.165, 1.54) is 12.7 Å². The third-order valence-electron chi connectivity index (χ3n) is 3.53. The average Bonchev–Trinajstić information content (AvgIpc) is 2.78. The van der Waals surface area contributed by atoms with Crippen LogP contribution in [0.3, 0.4) is 0 Å². The van der Waals surface area contributed by atoms with Gasteiger partial charge >= 0.3 is 5.97 Å². The molecule has 1 aliphatic heterocycles. The SMILES string of the molecule is COC(=O)CCN1C[C@@H](N)[C@H](c2ccccc2)C1. The number of ether oxygens (including phenoxy) is 1. The molecule has 2 atom stereocenters. The quantitative estimate of drug-likeness (QED) is 0.807. The van der Waals surface area contributed by atoms with Crippen molar-refractivity contribution in [2.24, 2.45) is 5.73 Å². The number of likely N-dealkylation sites (tertiary alicyclic amines) is 1. The summed E-state index contributed by atoms with van der Waals surface area (Å²) in [6.07, 6.45) is 0.435. The Balaban J connectivity index is 1.91. The summed E-state index contributed by atoms with van der Waals surface area (Å²) in [4.78, 5) is 13.4. The summed E-state index contributed by atoms with van der Waals surface area (Å²) in [5, 5.41) is 0. The molecule has 4 heteroatoms. The Morgan fingerprint density at radius 2 is 2.11 bits per heavy atom. The van der Waals surface area contributed by atoms with E-state index in [-0.39, 0.29) is 12.0 Å². The van der Waals surface area contributed by atoms with E-state index >= 15 is 0 Å². The molecular weight excluding hydrogens is 228 g/mol. The molecule has 1 fully saturated rings. The number of nitrogens with two attached hydrogens (primary N) is 1. The predicted octanol–water partition coefficient (Wildman–Crippen LogP) is 0.976. The van der Waals surface area contributed by atoms with Gasteiger partial charge < -0.3 is 15.4 Å². The fourth-order valence-electron chi connectivity index (χ4n) is 2.50. The Morgan fingerprint density at radius 1 is 1.39 bits per heavy atom. The zero-order chi connectivity index (χ0) is 13.0. The minimum atomic E-state index is -0.160. The third kappa shape index (κ3) is 3.09. The number of nitrogens with zero attached hydrogens (tertiary/aromatic N) is 1. The number of methoxy groups -OCH3 is 1. The molecule has 0 saturated carbocycles. The van der Waals surface area contributed by atoms with Crippen molar-refractivity contribution in [2.45, 2.75) is 18.4 Å². The fraction of sp³-hybridized carbons (Fsp3) is 0.500. The topological polar surface area (TPSA) is 55.6 Å². The molecule has 0 unspecified atom stereocenters. The van der Waals surface area contributed by atoms with Gasteiger partial charge in [0, 0.05) is 31.6 Å². The molecule has 0 amide bonds. The Hall–Kier alpha value is -1.39. The zero-order valence-corrected chi connectivity index (χ0v) is 10.7. The molecule has 0 radical (unpaired) electrons. The summed E-state index contributed by atoms with van der Waals surface area (Å²) in [5.41, 5.74) is 7.47. The fourth-order valence-corrected chi connectivity index (χ4v) is 2.50. The van der Waals surface area contributed by atoms with Crippen molar-refractivity contribution in [3.63, 3.8) is 0 Å². The molecule has 0 aliphatic carbocycles. The Kier molecular flexibility index (Phi) is 4.33. The van der Waals surface area contributed by atoms with E-state index < -0.39 is 0 Å². The average molecular weight is 248 g/mol. The van der Waals surface area contributed by atoms with Gasteiger partial charge in [0.2, 0.25) is 0 Å². The van der Waals surface area contributed by atoms with Crippen LogP contribution in [-0.4, -0.2) is 43.7 Å². The molecule has 2 N–H and O–H groups in total. The van der Waals surface area contributed by atoms with E-state index in [0.29, 0.717) is 12.3 Å². The molecule has 1 aromatic carbocycles. The van der Waals surface area contributed by atoms with Gasteiger partial charge in [0.15, 0.2) is 0 Å². The van der Waals surface area contributed by atoms with Crippen LogP contribution in [0.25, 0.3) is 0 Å². The lowest BCUT2D eigenvalue weighted by atomic mass is 9.95. The molecule has 0 spiro atoms. The maximum atomic E-state index is 11.1. The van der Waals surface area contributed by atoms with Gasteiger partial charge in [-0.3, -0.25) is 4.79 Å². The molecule has 0 bridgehead atoms. The molecule has 18 heavy (non-hydrogen) atoms. The number of esters is 1. The first-order chi connectivity index (χ1) is 8.70. The Labute approximate surface area is 108 Å². The lowest BCUT2D eigenvalue weighted by Gasteiger charge is -2.15. The standard InChI is InChI=1S/C14H20N2O2/c1-18-14(17)7-8-16-9-12(13(15)10-16)11-5-3-2-4-6-11/h2-6,12-13H,7-10,15H2,1H3/t12-,13+/m0/s1. The number of benzene rings is 1. The molecule has 0 aromatic heterocycles. The predicted molar refractivity (Wildman–Crippen MR) is 70.2 cm³/mol. The van der Waals surface area contributed by atoms with Gasteiger partial charge in [-0.05, 0) is 5.56 Å². The minimum absolute atomic E-state index is 0.144. The van der Waals surface area contributed by atoms with E-state index in [0.717, 1.165) is 19.6 Å². The second-order valence-electron chi connectivity index (χ2n) is 4.77. The highest BCUT2D eigenvalue weighted by Gasteiger charge is 2.30. The lowest BCUT2D eigenvalue weighted by molar-refractivity contribution is -0.140. The molecule has 1 saturated heterocycles. The summed E-state index contributed by atoms with van der Waals surface area (Å²) in [5.74, 6) is 0.204. The Bertz CT molecular complexity index is 394. The van der Waals surface area contributed by atoms with Gasteiger partial charge in [-0.15, -0.1) is 0 Å². The first kappa shape index (κ1) is 13.1. The molecule has 4 nitrogen and oxygen atoms in total. The van der Waals surface area contributed by atoms with Crippen molar-refractivity contribution < 1.29 is 9.53 Å². The van der Waals surface area contributed by atoms with Gasteiger partial charge in [-0.1, -0.05) is 30.3 Å². The second-order valence-corrected chi connectivity index (χ2v) is 4.77. The molecule has 1 aliphatic rings. The number of carbonyl (C=O) groups is 1. The van der Waals surface area contributed by atoms with Crippen LogP contribution < -0.4 is 5.73 Å². The van der Waals surface area contributed by atoms with Gasteiger partial charge in [0.25, 0.3) is 0 Å². The first-order valence-electron chi connectivity index (χ1n) is 6.30.